The Morgan fingerprint density at radius 1 is 1.21 bits per heavy atom. The van der Waals surface area contributed by atoms with Gasteiger partial charge in [-0.3, -0.25) is 14.7 Å². The average Bonchev–Trinajstić information content (AvgIpc) is 3.20. The molecule has 6 heteroatoms. The van der Waals surface area contributed by atoms with Crippen LogP contribution in [0.2, 0.25) is 0 Å². The number of nitrogens with one attached hydrogen (secondary N) is 1. The average molecular weight is 390 g/mol. The Morgan fingerprint density at radius 2 is 2.07 bits per heavy atom. The van der Waals surface area contributed by atoms with Crippen LogP contribution in [-0.4, -0.2) is 40.1 Å². The number of methoxy groups -OCH3 is 1. The molecule has 0 spiro atoms. The zero-order chi connectivity index (χ0) is 20.4. The molecule has 3 heterocycles. The van der Waals surface area contributed by atoms with Gasteiger partial charge in [0.2, 0.25) is 0 Å². The summed E-state index contributed by atoms with van der Waals surface area (Å²) in [4.78, 5) is 26.5. The number of hydrogen-bond acceptors (Lipinski definition) is 5. The molecule has 1 fully saturated rings. The van der Waals surface area contributed by atoms with Gasteiger partial charge in [-0.25, -0.2) is 4.98 Å². The molecule has 6 nitrogen and oxygen atoms in total. The number of nitrogens with zero attached hydrogens (tertiary/aromatic N) is 3. The molecule has 3 aromatic rings. The van der Waals surface area contributed by atoms with Crippen LogP contribution in [0.1, 0.15) is 34.7 Å². The van der Waals surface area contributed by atoms with Crippen molar-refractivity contribution in [1.29, 1.82) is 0 Å². The zero-order valence-corrected chi connectivity index (χ0v) is 17.1. The van der Waals surface area contributed by atoms with Gasteiger partial charge < -0.3 is 9.72 Å². The molecule has 0 saturated carbocycles. The highest BCUT2D eigenvalue weighted by molar-refractivity contribution is 5.48. The quantitative estimate of drug-likeness (QED) is 0.723. The lowest BCUT2D eigenvalue weighted by Crippen LogP contribution is -2.21. The van der Waals surface area contributed by atoms with Gasteiger partial charge in [0.05, 0.1) is 12.8 Å². The molecule has 1 unspecified atom stereocenters. The topological polar surface area (TPSA) is 71.1 Å². The lowest BCUT2D eigenvalue weighted by molar-refractivity contribution is 0.325. The molecule has 0 aliphatic carbocycles. The minimum atomic E-state index is -0.129. The first kappa shape index (κ1) is 19.3. The number of rotatable bonds is 5. The summed E-state index contributed by atoms with van der Waals surface area (Å²) in [7, 11) is 1.71. The van der Waals surface area contributed by atoms with Crippen LogP contribution < -0.4 is 10.3 Å². The largest absolute Gasteiger partial charge is 0.496 e. The van der Waals surface area contributed by atoms with E-state index in [0.29, 0.717) is 11.5 Å². The number of likely N-dealkylation sites (tertiary alicyclic amines) is 1. The fraction of sp³-hybridized carbons (Fsp3) is 0.348. The van der Waals surface area contributed by atoms with Gasteiger partial charge in [-0.05, 0) is 61.7 Å². The summed E-state index contributed by atoms with van der Waals surface area (Å²) in [6.45, 7) is 7.02. The number of hydrogen-bond donors (Lipinski definition) is 1. The maximum Gasteiger partial charge on any atom is 0.251 e. The van der Waals surface area contributed by atoms with Gasteiger partial charge in [-0.2, -0.15) is 0 Å². The van der Waals surface area contributed by atoms with Crippen molar-refractivity contribution in [2.24, 2.45) is 0 Å². The maximum atomic E-state index is 12.2. The summed E-state index contributed by atoms with van der Waals surface area (Å²) in [5, 5.41) is 0. The Labute approximate surface area is 170 Å². The van der Waals surface area contributed by atoms with Gasteiger partial charge in [0, 0.05) is 31.3 Å². The number of pyridine rings is 1. The van der Waals surface area contributed by atoms with Gasteiger partial charge in [-0.15, -0.1) is 0 Å². The summed E-state index contributed by atoms with van der Waals surface area (Å²) in [6.07, 6.45) is 2.70. The number of aromatic amines is 1. The van der Waals surface area contributed by atoms with Gasteiger partial charge in [0.15, 0.2) is 5.82 Å². The SMILES string of the molecule is COc1ccc(CN2CCC(c3cc(=O)[nH]c(-c4ccccn4)n3)C2)c(C)c1C. The third-order valence-corrected chi connectivity index (χ3v) is 5.82. The minimum absolute atomic E-state index is 0.129. The Kier molecular flexibility index (Phi) is 5.45. The predicted octanol–water partition coefficient (Wildman–Crippen LogP) is 3.45. The van der Waals surface area contributed by atoms with Gasteiger partial charge >= 0.3 is 0 Å². The first-order valence-corrected chi connectivity index (χ1v) is 9.93. The fourth-order valence-electron chi connectivity index (χ4n) is 4.01. The first-order valence-electron chi connectivity index (χ1n) is 9.93. The van der Waals surface area contributed by atoms with Crippen molar-refractivity contribution in [3.8, 4) is 17.3 Å². The lowest BCUT2D eigenvalue weighted by atomic mass is 10.0. The van der Waals surface area contributed by atoms with Crippen LogP contribution in [0, 0.1) is 13.8 Å². The van der Waals surface area contributed by atoms with Gasteiger partial charge in [-0.1, -0.05) is 12.1 Å². The van der Waals surface area contributed by atoms with Gasteiger partial charge in [0.1, 0.15) is 11.4 Å². The summed E-state index contributed by atoms with van der Waals surface area (Å²) in [5.41, 5.74) is 5.19. The Morgan fingerprint density at radius 3 is 2.83 bits per heavy atom. The molecule has 1 N–H and O–H groups in total. The molecule has 0 amide bonds. The van der Waals surface area contributed by atoms with E-state index in [4.69, 9.17) is 9.72 Å². The Bertz CT molecular complexity index is 1060. The van der Waals surface area contributed by atoms with E-state index in [-0.39, 0.29) is 11.5 Å². The Hall–Kier alpha value is -2.99. The van der Waals surface area contributed by atoms with Crippen LogP contribution >= 0.6 is 0 Å². The molecule has 2 aromatic heterocycles. The van der Waals surface area contributed by atoms with Crippen LogP contribution in [0.25, 0.3) is 11.5 Å². The van der Waals surface area contributed by atoms with Crippen LogP contribution in [0.5, 0.6) is 5.75 Å². The lowest BCUT2D eigenvalue weighted by Gasteiger charge is -2.19. The summed E-state index contributed by atoms with van der Waals surface area (Å²) in [5.74, 6) is 1.72. The van der Waals surface area contributed by atoms with Crippen molar-refractivity contribution in [3.05, 3.63) is 75.3 Å². The predicted molar refractivity (Wildman–Crippen MR) is 113 cm³/mol. The third-order valence-electron chi connectivity index (χ3n) is 5.82. The first-order chi connectivity index (χ1) is 14.0. The molecule has 0 bridgehead atoms. The van der Waals surface area contributed by atoms with Crippen LogP contribution in [0.15, 0.2) is 47.4 Å². The van der Waals surface area contributed by atoms with E-state index >= 15 is 0 Å². The monoisotopic (exact) mass is 390 g/mol. The van der Waals surface area contributed by atoms with Crippen molar-refractivity contribution in [2.45, 2.75) is 32.7 Å². The normalized spacial score (nSPS) is 16.9. The van der Waals surface area contributed by atoms with Crippen LogP contribution in [-0.2, 0) is 6.54 Å². The molecule has 150 valence electrons. The van der Waals surface area contributed by atoms with Crippen molar-refractivity contribution in [1.82, 2.24) is 19.9 Å². The highest BCUT2D eigenvalue weighted by atomic mass is 16.5. The number of benzene rings is 1. The number of aromatic nitrogens is 3. The highest BCUT2D eigenvalue weighted by Crippen LogP contribution is 2.30. The number of ether oxygens (including phenoxy) is 1. The van der Waals surface area contributed by atoms with Crippen molar-refractivity contribution in [3.63, 3.8) is 0 Å². The second-order valence-electron chi connectivity index (χ2n) is 7.63. The van der Waals surface area contributed by atoms with E-state index in [1.807, 2.05) is 24.3 Å². The molecule has 29 heavy (non-hydrogen) atoms. The van der Waals surface area contributed by atoms with E-state index in [1.54, 1.807) is 19.4 Å². The minimum Gasteiger partial charge on any atom is -0.496 e. The van der Waals surface area contributed by atoms with E-state index in [9.17, 15) is 4.79 Å². The molecule has 1 aromatic carbocycles. The van der Waals surface area contributed by atoms with Crippen LogP contribution in [0.3, 0.4) is 0 Å². The second kappa shape index (κ2) is 8.17. The highest BCUT2D eigenvalue weighted by Gasteiger charge is 2.26. The fourth-order valence-corrected chi connectivity index (χ4v) is 4.01. The molecule has 0 radical (unpaired) electrons. The third kappa shape index (κ3) is 4.07. The van der Waals surface area contributed by atoms with E-state index < -0.39 is 0 Å². The molecule has 1 atom stereocenters. The standard InChI is InChI=1S/C23H26N4O2/c1-15-16(2)21(29-3)8-7-17(15)13-27-11-9-18(14-27)20-12-22(28)26-23(25-20)19-6-4-5-10-24-19/h4-8,10,12,18H,9,11,13-14H2,1-3H3,(H,25,26,28). The van der Waals surface area contributed by atoms with E-state index in [2.05, 4.69) is 34.8 Å². The smallest absolute Gasteiger partial charge is 0.251 e. The van der Waals surface area contributed by atoms with Crippen molar-refractivity contribution < 1.29 is 4.74 Å². The second-order valence-corrected chi connectivity index (χ2v) is 7.63. The molecule has 1 saturated heterocycles. The van der Waals surface area contributed by atoms with E-state index in [0.717, 1.165) is 37.5 Å². The van der Waals surface area contributed by atoms with Crippen molar-refractivity contribution >= 4 is 0 Å². The zero-order valence-electron chi connectivity index (χ0n) is 17.1. The Balaban J connectivity index is 1.51. The molecular formula is C23H26N4O2. The molecular weight excluding hydrogens is 364 g/mol. The van der Waals surface area contributed by atoms with Gasteiger partial charge in [0.25, 0.3) is 5.56 Å². The van der Waals surface area contributed by atoms with E-state index in [1.165, 1.54) is 16.7 Å². The number of H-pyrrole nitrogens is 1. The summed E-state index contributed by atoms with van der Waals surface area (Å²) < 4.78 is 5.43. The summed E-state index contributed by atoms with van der Waals surface area (Å²) >= 11 is 0. The van der Waals surface area contributed by atoms with Crippen molar-refractivity contribution in [2.75, 3.05) is 20.2 Å². The molecule has 1 aliphatic rings. The maximum absolute atomic E-state index is 12.2. The summed E-state index contributed by atoms with van der Waals surface area (Å²) in [6, 6.07) is 11.4. The molecule has 4 rings (SSSR count). The van der Waals surface area contributed by atoms with Crippen LogP contribution in [0.4, 0.5) is 0 Å². The molecule has 1 aliphatic heterocycles.